The van der Waals surface area contributed by atoms with E-state index >= 15 is 0 Å². The molecule has 134 valence electrons. The van der Waals surface area contributed by atoms with Gasteiger partial charge in [0.1, 0.15) is 12.4 Å². The van der Waals surface area contributed by atoms with Gasteiger partial charge in [-0.2, -0.15) is 0 Å². The van der Waals surface area contributed by atoms with E-state index in [0.717, 1.165) is 44.7 Å². The molecular formula is C22H29NO2. The molecule has 0 saturated carbocycles. The zero-order valence-electron chi connectivity index (χ0n) is 14.9. The maximum atomic E-state index is 8.93. The van der Waals surface area contributed by atoms with Gasteiger partial charge in [0.15, 0.2) is 0 Å². The summed E-state index contributed by atoms with van der Waals surface area (Å²) in [5.74, 6) is 0.957. The average Bonchev–Trinajstić information content (AvgIpc) is 3.10. The monoisotopic (exact) mass is 339 g/mol. The molecule has 2 aromatic carbocycles. The Morgan fingerprint density at radius 1 is 0.960 bits per heavy atom. The number of benzene rings is 2. The number of likely N-dealkylation sites (tertiary alicyclic amines) is 1. The van der Waals surface area contributed by atoms with Gasteiger partial charge in [-0.3, -0.25) is 4.90 Å². The van der Waals surface area contributed by atoms with Crippen LogP contribution in [0.1, 0.15) is 36.8 Å². The lowest BCUT2D eigenvalue weighted by Crippen LogP contribution is -2.35. The van der Waals surface area contributed by atoms with Crippen LogP contribution in [-0.4, -0.2) is 42.4 Å². The molecule has 0 aromatic heterocycles. The van der Waals surface area contributed by atoms with Gasteiger partial charge < -0.3 is 9.84 Å². The van der Waals surface area contributed by atoms with Crippen LogP contribution >= 0.6 is 0 Å². The lowest BCUT2D eigenvalue weighted by molar-refractivity contribution is 0.166. The number of hydrogen-bond acceptors (Lipinski definition) is 3. The first-order chi connectivity index (χ1) is 12.3. The van der Waals surface area contributed by atoms with Gasteiger partial charge in [-0.05, 0) is 68.5 Å². The summed E-state index contributed by atoms with van der Waals surface area (Å²) in [7, 11) is 0. The van der Waals surface area contributed by atoms with E-state index in [2.05, 4.69) is 59.5 Å². The number of unbranched alkanes of at least 4 members (excludes halogenated alkanes) is 1. The molecule has 1 fully saturated rings. The highest BCUT2D eigenvalue weighted by molar-refractivity contribution is 5.31. The molecule has 3 nitrogen and oxygen atoms in total. The zero-order valence-corrected chi connectivity index (χ0v) is 14.9. The van der Waals surface area contributed by atoms with Crippen LogP contribution < -0.4 is 4.74 Å². The Morgan fingerprint density at radius 3 is 2.48 bits per heavy atom. The number of hydrogen-bond donors (Lipinski definition) is 1. The Bertz CT molecular complexity index is 612. The first kappa shape index (κ1) is 18.0. The van der Waals surface area contributed by atoms with Crippen molar-refractivity contribution in [2.45, 2.75) is 38.1 Å². The van der Waals surface area contributed by atoms with E-state index in [1.54, 1.807) is 0 Å². The largest absolute Gasteiger partial charge is 0.492 e. The van der Waals surface area contributed by atoms with Gasteiger partial charge in [0.05, 0.1) is 0 Å². The lowest BCUT2D eigenvalue weighted by atomic mass is 10.1. The first-order valence-corrected chi connectivity index (χ1v) is 9.46. The molecule has 1 aliphatic rings. The predicted octanol–water partition coefficient (Wildman–Crippen LogP) is 3.89. The first-order valence-electron chi connectivity index (χ1n) is 9.46. The quantitative estimate of drug-likeness (QED) is 0.704. The Kier molecular flexibility index (Phi) is 6.89. The summed E-state index contributed by atoms with van der Waals surface area (Å²) in [6, 6.07) is 19.6. The van der Waals surface area contributed by atoms with Gasteiger partial charge in [-0.15, -0.1) is 0 Å². The molecule has 1 aliphatic heterocycles. The third kappa shape index (κ3) is 5.58. The summed E-state index contributed by atoms with van der Waals surface area (Å²) < 4.78 is 6.04. The molecule has 1 saturated heterocycles. The van der Waals surface area contributed by atoms with E-state index in [1.807, 2.05) is 0 Å². The minimum atomic E-state index is 0.296. The number of nitrogens with zero attached hydrogens (tertiary/aromatic N) is 1. The van der Waals surface area contributed by atoms with Gasteiger partial charge >= 0.3 is 0 Å². The highest BCUT2D eigenvalue weighted by Crippen LogP contribution is 2.20. The van der Waals surface area contributed by atoms with Crippen molar-refractivity contribution < 1.29 is 9.84 Å². The summed E-state index contributed by atoms with van der Waals surface area (Å²) >= 11 is 0. The standard InChI is InChI=1S/C22H29NO2/c24-16-5-4-14-23-15-6-9-21(23)18-25-22-12-10-20(11-13-22)17-19-7-2-1-3-8-19/h1-3,7-8,10-13,21,24H,4-6,9,14-18H2/t21-/m0/s1. The van der Waals surface area contributed by atoms with Crippen molar-refractivity contribution in [3.63, 3.8) is 0 Å². The molecule has 2 aromatic rings. The van der Waals surface area contributed by atoms with E-state index in [1.165, 1.54) is 24.0 Å². The second-order valence-electron chi connectivity index (χ2n) is 6.88. The van der Waals surface area contributed by atoms with Crippen LogP contribution in [0.3, 0.4) is 0 Å². The van der Waals surface area contributed by atoms with Crippen LogP contribution in [0.2, 0.25) is 0 Å². The molecule has 1 atom stereocenters. The number of ether oxygens (including phenoxy) is 1. The van der Waals surface area contributed by atoms with E-state index in [4.69, 9.17) is 9.84 Å². The van der Waals surface area contributed by atoms with Gasteiger partial charge in [0.2, 0.25) is 0 Å². The second kappa shape index (κ2) is 9.59. The molecular weight excluding hydrogens is 310 g/mol. The Hall–Kier alpha value is -1.84. The summed E-state index contributed by atoms with van der Waals surface area (Å²) in [6.07, 6.45) is 5.39. The SMILES string of the molecule is OCCCCN1CCC[C@H]1COc1ccc(Cc2ccccc2)cc1. The fourth-order valence-electron chi connectivity index (χ4n) is 3.53. The van der Waals surface area contributed by atoms with Gasteiger partial charge in [0, 0.05) is 12.6 Å². The van der Waals surface area contributed by atoms with E-state index in [9.17, 15) is 0 Å². The minimum absolute atomic E-state index is 0.296. The molecule has 0 bridgehead atoms. The summed E-state index contributed by atoms with van der Waals surface area (Å²) in [5, 5.41) is 8.93. The molecule has 0 radical (unpaired) electrons. The molecule has 0 aliphatic carbocycles. The van der Waals surface area contributed by atoms with Crippen molar-refractivity contribution >= 4 is 0 Å². The average molecular weight is 339 g/mol. The second-order valence-corrected chi connectivity index (χ2v) is 6.88. The topological polar surface area (TPSA) is 32.7 Å². The number of aliphatic hydroxyl groups is 1. The maximum absolute atomic E-state index is 8.93. The molecule has 0 spiro atoms. The highest BCUT2D eigenvalue weighted by atomic mass is 16.5. The van der Waals surface area contributed by atoms with Crippen LogP contribution in [0.15, 0.2) is 54.6 Å². The van der Waals surface area contributed by atoms with Crippen molar-refractivity contribution in [2.24, 2.45) is 0 Å². The van der Waals surface area contributed by atoms with E-state index < -0.39 is 0 Å². The number of rotatable bonds is 9. The Balaban J connectivity index is 1.46. The summed E-state index contributed by atoms with van der Waals surface area (Å²) in [4.78, 5) is 2.51. The normalized spacial score (nSPS) is 17.7. The van der Waals surface area contributed by atoms with Crippen molar-refractivity contribution in [2.75, 3.05) is 26.3 Å². The van der Waals surface area contributed by atoms with Gasteiger partial charge in [0.25, 0.3) is 0 Å². The van der Waals surface area contributed by atoms with Crippen molar-refractivity contribution in [3.8, 4) is 5.75 Å². The lowest BCUT2D eigenvalue weighted by Gasteiger charge is -2.24. The molecule has 0 amide bonds. The fourth-order valence-corrected chi connectivity index (χ4v) is 3.53. The molecule has 25 heavy (non-hydrogen) atoms. The van der Waals surface area contributed by atoms with Crippen molar-refractivity contribution in [1.29, 1.82) is 0 Å². The van der Waals surface area contributed by atoms with E-state index in [-0.39, 0.29) is 0 Å². The van der Waals surface area contributed by atoms with Crippen molar-refractivity contribution in [3.05, 3.63) is 65.7 Å². The molecule has 1 N–H and O–H groups in total. The smallest absolute Gasteiger partial charge is 0.119 e. The van der Waals surface area contributed by atoms with Crippen LogP contribution in [-0.2, 0) is 6.42 Å². The van der Waals surface area contributed by atoms with Crippen LogP contribution in [0, 0.1) is 0 Å². The van der Waals surface area contributed by atoms with E-state index in [0.29, 0.717) is 12.6 Å². The maximum Gasteiger partial charge on any atom is 0.119 e. The zero-order chi connectivity index (χ0) is 17.3. The van der Waals surface area contributed by atoms with Gasteiger partial charge in [-0.25, -0.2) is 0 Å². The molecule has 3 rings (SSSR count). The highest BCUT2D eigenvalue weighted by Gasteiger charge is 2.24. The third-order valence-electron chi connectivity index (χ3n) is 4.97. The minimum Gasteiger partial charge on any atom is -0.492 e. The summed E-state index contributed by atoms with van der Waals surface area (Å²) in [6.45, 7) is 3.29. The van der Waals surface area contributed by atoms with Gasteiger partial charge in [-0.1, -0.05) is 42.5 Å². The fraction of sp³-hybridized carbons (Fsp3) is 0.455. The van der Waals surface area contributed by atoms with Crippen LogP contribution in [0.5, 0.6) is 5.75 Å². The van der Waals surface area contributed by atoms with Crippen molar-refractivity contribution in [1.82, 2.24) is 4.90 Å². The third-order valence-corrected chi connectivity index (χ3v) is 4.97. The van der Waals surface area contributed by atoms with Crippen LogP contribution in [0.25, 0.3) is 0 Å². The predicted molar refractivity (Wildman–Crippen MR) is 102 cm³/mol. The molecule has 0 unspecified atom stereocenters. The Labute approximate surface area is 151 Å². The molecule has 3 heteroatoms. The number of aliphatic hydroxyl groups excluding tert-OH is 1. The Morgan fingerprint density at radius 2 is 1.72 bits per heavy atom. The van der Waals surface area contributed by atoms with Crippen LogP contribution in [0.4, 0.5) is 0 Å². The molecule has 1 heterocycles. The summed E-state index contributed by atoms with van der Waals surface area (Å²) in [5.41, 5.74) is 2.64.